The molecule has 0 saturated carbocycles. The van der Waals surface area contributed by atoms with Gasteiger partial charge in [-0.2, -0.15) is 0 Å². The Morgan fingerprint density at radius 3 is 2.40 bits per heavy atom. The van der Waals surface area contributed by atoms with Gasteiger partial charge in [0.1, 0.15) is 23.0 Å². The number of carbonyl (C=O) groups is 2. The highest BCUT2D eigenvalue weighted by Crippen LogP contribution is 2.41. The summed E-state index contributed by atoms with van der Waals surface area (Å²) < 4.78 is 17.1. The molecule has 3 aromatic rings. The quantitative estimate of drug-likeness (QED) is 0.233. The Balaban J connectivity index is 1.55. The van der Waals surface area contributed by atoms with Crippen LogP contribution in [0, 0.1) is 6.92 Å². The normalized spacial score (nSPS) is 19.1. The van der Waals surface area contributed by atoms with Gasteiger partial charge in [-0.1, -0.05) is 30.3 Å². The molecular weight excluding hydrogens is 508 g/mol. The summed E-state index contributed by atoms with van der Waals surface area (Å²) in [6.07, 6.45) is 0. The molecule has 5 rings (SSSR count). The number of ketones is 1. The lowest BCUT2D eigenvalue weighted by Crippen LogP contribution is -2.42. The molecule has 208 valence electrons. The first-order valence-corrected chi connectivity index (χ1v) is 13.6. The van der Waals surface area contributed by atoms with E-state index >= 15 is 0 Å². The number of Topliss-reactive ketones (excluding diaryl/α,β-unsaturated/α-hetero) is 1. The number of rotatable bonds is 9. The number of aliphatic hydroxyl groups is 1. The van der Waals surface area contributed by atoms with Crippen LogP contribution in [-0.2, 0) is 14.3 Å². The largest absolute Gasteiger partial charge is 0.507 e. The van der Waals surface area contributed by atoms with Crippen molar-refractivity contribution < 1.29 is 28.9 Å². The van der Waals surface area contributed by atoms with Crippen LogP contribution < -0.4 is 9.47 Å². The third kappa shape index (κ3) is 5.88. The van der Waals surface area contributed by atoms with Crippen LogP contribution in [0.15, 0.2) is 78.4 Å². The van der Waals surface area contributed by atoms with Crippen LogP contribution in [0.1, 0.15) is 29.7 Å². The van der Waals surface area contributed by atoms with Gasteiger partial charge in [0.25, 0.3) is 11.7 Å². The van der Waals surface area contributed by atoms with Crippen molar-refractivity contribution in [2.45, 2.75) is 19.9 Å². The van der Waals surface area contributed by atoms with Gasteiger partial charge >= 0.3 is 0 Å². The van der Waals surface area contributed by atoms with Crippen molar-refractivity contribution in [3.8, 4) is 17.2 Å². The Labute approximate surface area is 234 Å². The number of para-hydroxylation sites is 1. The van der Waals surface area contributed by atoms with E-state index in [0.29, 0.717) is 61.3 Å². The molecule has 0 bridgehead atoms. The van der Waals surface area contributed by atoms with Gasteiger partial charge < -0.3 is 24.2 Å². The second-order valence-corrected chi connectivity index (χ2v) is 9.84. The molecule has 3 aromatic carbocycles. The van der Waals surface area contributed by atoms with Crippen LogP contribution in [0.25, 0.3) is 5.76 Å². The zero-order valence-corrected chi connectivity index (χ0v) is 22.8. The molecule has 1 unspecified atom stereocenters. The Morgan fingerprint density at radius 1 is 0.925 bits per heavy atom. The molecule has 2 saturated heterocycles. The standard InChI is InChI=1S/C32H34N2O6/c1-3-39-25-12-13-27(22(2)20-25)30(35)28-29(23-8-7-11-26(21-23)40-24-9-5-4-6-10-24)34(32(37)31(28)36)15-14-33-16-18-38-19-17-33/h4-13,20-21,29,35H,3,14-19H2,1-2H3. The molecular formula is C32H34N2O6. The van der Waals surface area contributed by atoms with E-state index in [2.05, 4.69) is 4.90 Å². The van der Waals surface area contributed by atoms with Gasteiger partial charge in [0.15, 0.2) is 0 Å². The summed E-state index contributed by atoms with van der Waals surface area (Å²) in [6, 6.07) is 21.3. The van der Waals surface area contributed by atoms with Crippen LogP contribution >= 0.6 is 0 Å². The number of hydrogen-bond donors (Lipinski definition) is 1. The molecule has 8 nitrogen and oxygen atoms in total. The van der Waals surface area contributed by atoms with Crippen LogP contribution in [0.4, 0.5) is 0 Å². The van der Waals surface area contributed by atoms with Crippen LogP contribution in [0.2, 0.25) is 0 Å². The predicted octanol–water partition coefficient (Wildman–Crippen LogP) is 4.94. The topological polar surface area (TPSA) is 88.5 Å². The van der Waals surface area contributed by atoms with E-state index in [-0.39, 0.29) is 11.3 Å². The number of nitrogens with zero attached hydrogens (tertiary/aromatic N) is 2. The number of amides is 1. The number of hydrogen-bond acceptors (Lipinski definition) is 7. The first kappa shape index (κ1) is 27.4. The third-order valence-corrected chi connectivity index (χ3v) is 7.22. The molecule has 2 aliphatic rings. The number of ether oxygens (including phenoxy) is 3. The molecule has 1 amide bonds. The highest BCUT2D eigenvalue weighted by molar-refractivity contribution is 6.46. The number of benzene rings is 3. The van der Waals surface area contributed by atoms with E-state index in [1.807, 2.05) is 74.5 Å². The number of carbonyl (C=O) groups excluding carboxylic acids is 2. The summed E-state index contributed by atoms with van der Waals surface area (Å²) in [5, 5.41) is 11.6. The number of aliphatic hydroxyl groups excluding tert-OH is 1. The number of aryl methyl sites for hydroxylation is 1. The highest BCUT2D eigenvalue weighted by atomic mass is 16.5. The Bertz CT molecular complexity index is 1400. The Morgan fingerprint density at radius 2 is 1.68 bits per heavy atom. The summed E-state index contributed by atoms with van der Waals surface area (Å²) in [6.45, 7) is 7.98. The molecule has 0 aromatic heterocycles. The summed E-state index contributed by atoms with van der Waals surface area (Å²) >= 11 is 0. The van der Waals surface area contributed by atoms with Gasteiger partial charge in [0.2, 0.25) is 0 Å². The van der Waals surface area contributed by atoms with Crippen molar-refractivity contribution in [1.82, 2.24) is 9.80 Å². The maximum absolute atomic E-state index is 13.5. The lowest BCUT2D eigenvalue weighted by Gasteiger charge is -2.31. The summed E-state index contributed by atoms with van der Waals surface area (Å²) in [5.41, 5.74) is 1.97. The van der Waals surface area contributed by atoms with Crippen LogP contribution in [0.5, 0.6) is 17.2 Å². The SMILES string of the molecule is CCOc1ccc(C(O)=C2C(=O)C(=O)N(CCN3CCOCC3)C2c2cccc(Oc3ccccc3)c2)c(C)c1. The van der Waals surface area contributed by atoms with Crippen molar-refractivity contribution in [2.24, 2.45) is 0 Å². The zero-order valence-electron chi connectivity index (χ0n) is 22.8. The van der Waals surface area contributed by atoms with Crippen molar-refractivity contribution in [3.63, 3.8) is 0 Å². The smallest absolute Gasteiger partial charge is 0.295 e. The van der Waals surface area contributed by atoms with Crippen molar-refractivity contribution in [3.05, 3.63) is 95.1 Å². The molecule has 2 fully saturated rings. The highest BCUT2D eigenvalue weighted by Gasteiger charge is 2.46. The van der Waals surface area contributed by atoms with E-state index in [1.165, 1.54) is 0 Å². The Kier molecular flexibility index (Phi) is 8.48. The van der Waals surface area contributed by atoms with Gasteiger partial charge in [-0.15, -0.1) is 0 Å². The maximum atomic E-state index is 13.5. The predicted molar refractivity (Wildman–Crippen MR) is 152 cm³/mol. The van der Waals surface area contributed by atoms with Crippen LogP contribution in [-0.4, -0.2) is 72.6 Å². The molecule has 2 heterocycles. The van der Waals surface area contributed by atoms with Crippen molar-refractivity contribution in [1.29, 1.82) is 0 Å². The van der Waals surface area contributed by atoms with Gasteiger partial charge in [-0.25, -0.2) is 0 Å². The first-order chi connectivity index (χ1) is 19.5. The zero-order chi connectivity index (χ0) is 28.1. The van der Waals surface area contributed by atoms with Gasteiger partial charge in [0, 0.05) is 31.7 Å². The van der Waals surface area contributed by atoms with E-state index in [4.69, 9.17) is 14.2 Å². The van der Waals surface area contributed by atoms with Gasteiger partial charge in [-0.05, 0) is 67.4 Å². The minimum Gasteiger partial charge on any atom is -0.507 e. The fraction of sp³-hybridized carbons (Fsp3) is 0.312. The second-order valence-electron chi connectivity index (χ2n) is 9.84. The molecule has 0 spiro atoms. The van der Waals surface area contributed by atoms with Crippen molar-refractivity contribution in [2.75, 3.05) is 46.0 Å². The molecule has 0 aliphatic carbocycles. The summed E-state index contributed by atoms with van der Waals surface area (Å²) in [7, 11) is 0. The third-order valence-electron chi connectivity index (χ3n) is 7.22. The molecule has 0 radical (unpaired) electrons. The van der Waals surface area contributed by atoms with E-state index in [1.54, 1.807) is 17.0 Å². The Hall–Kier alpha value is -4.14. The van der Waals surface area contributed by atoms with E-state index in [9.17, 15) is 14.7 Å². The molecule has 8 heteroatoms. The first-order valence-electron chi connectivity index (χ1n) is 13.6. The lowest BCUT2D eigenvalue weighted by molar-refractivity contribution is -0.140. The van der Waals surface area contributed by atoms with Gasteiger partial charge in [-0.3, -0.25) is 14.5 Å². The average molecular weight is 543 g/mol. The van der Waals surface area contributed by atoms with Crippen molar-refractivity contribution >= 4 is 17.4 Å². The molecule has 1 atom stereocenters. The minimum atomic E-state index is -0.772. The number of morpholine rings is 1. The molecule has 40 heavy (non-hydrogen) atoms. The lowest BCUT2D eigenvalue weighted by atomic mass is 9.93. The average Bonchev–Trinajstić information content (AvgIpc) is 3.22. The summed E-state index contributed by atoms with van der Waals surface area (Å²) in [5.74, 6) is 0.382. The second kappa shape index (κ2) is 12.4. The maximum Gasteiger partial charge on any atom is 0.295 e. The van der Waals surface area contributed by atoms with Crippen LogP contribution in [0.3, 0.4) is 0 Å². The van der Waals surface area contributed by atoms with Gasteiger partial charge in [0.05, 0.1) is 31.4 Å². The monoisotopic (exact) mass is 542 g/mol. The number of likely N-dealkylation sites (tertiary alicyclic amines) is 1. The minimum absolute atomic E-state index is 0.0658. The van der Waals surface area contributed by atoms with E-state index < -0.39 is 17.7 Å². The fourth-order valence-electron chi connectivity index (χ4n) is 5.21. The van der Waals surface area contributed by atoms with E-state index in [0.717, 1.165) is 18.7 Å². The molecule has 2 aliphatic heterocycles. The molecule has 1 N–H and O–H groups in total. The summed E-state index contributed by atoms with van der Waals surface area (Å²) in [4.78, 5) is 30.7. The fourth-order valence-corrected chi connectivity index (χ4v) is 5.21.